The van der Waals surface area contributed by atoms with Crippen LogP contribution in [0.3, 0.4) is 0 Å². The number of nitrogens with one attached hydrogen (secondary N) is 1. The Bertz CT molecular complexity index is 707. The maximum Gasteiger partial charge on any atom is 0.307 e. The average Bonchev–Trinajstić information content (AvgIpc) is 2.91. The highest BCUT2D eigenvalue weighted by molar-refractivity contribution is 5.95. The van der Waals surface area contributed by atoms with Gasteiger partial charge in [0.2, 0.25) is 0 Å². The molecule has 2 aromatic carbocycles. The highest BCUT2D eigenvalue weighted by Crippen LogP contribution is 2.35. The SMILES string of the molecule is Oc1ccc2ccccc2c1N=Nc1nn[nH]n1. The molecular formula is C11H8N6O. The summed E-state index contributed by atoms with van der Waals surface area (Å²) in [6.07, 6.45) is 0. The fourth-order valence-electron chi connectivity index (χ4n) is 1.64. The van der Waals surface area contributed by atoms with Gasteiger partial charge in [-0.1, -0.05) is 35.4 Å². The maximum atomic E-state index is 9.82. The molecule has 3 rings (SSSR count). The van der Waals surface area contributed by atoms with Crippen LogP contribution in [0, 0.1) is 0 Å². The second-order valence-electron chi connectivity index (χ2n) is 3.57. The van der Waals surface area contributed by atoms with Crippen LogP contribution >= 0.6 is 0 Å². The Morgan fingerprint density at radius 1 is 1.06 bits per heavy atom. The van der Waals surface area contributed by atoms with Gasteiger partial charge in [0.15, 0.2) is 0 Å². The first-order valence-corrected chi connectivity index (χ1v) is 5.20. The molecule has 1 heterocycles. The summed E-state index contributed by atoms with van der Waals surface area (Å²) in [4.78, 5) is 0. The molecule has 7 nitrogen and oxygen atoms in total. The van der Waals surface area contributed by atoms with Crippen LogP contribution in [0.1, 0.15) is 0 Å². The number of aromatic hydroxyl groups is 1. The van der Waals surface area contributed by atoms with Crippen LogP contribution in [0.4, 0.5) is 11.6 Å². The second kappa shape index (κ2) is 4.21. The second-order valence-corrected chi connectivity index (χ2v) is 3.57. The Labute approximate surface area is 101 Å². The van der Waals surface area contributed by atoms with Crippen LogP contribution in [-0.2, 0) is 0 Å². The largest absolute Gasteiger partial charge is 0.506 e. The molecule has 0 spiro atoms. The van der Waals surface area contributed by atoms with Crippen molar-refractivity contribution < 1.29 is 5.11 Å². The molecule has 0 saturated carbocycles. The van der Waals surface area contributed by atoms with Crippen molar-refractivity contribution in [3.8, 4) is 5.75 Å². The zero-order valence-electron chi connectivity index (χ0n) is 9.15. The van der Waals surface area contributed by atoms with Crippen LogP contribution < -0.4 is 0 Å². The standard InChI is InChI=1S/C11H8N6O/c18-9-6-5-7-3-1-2-4-8(7)10(9)12-13-11-14-16-17-15-11/h1-6,18H,(H,14,15,16,17). The first-order chi connectivity index (χ1) is 8.84. The van der Waals surface area contributed by atoms with Crippen LogP contribution in [0.2, 0.25) is 0 Å². The predicted molar refractivity (Wildman–Crippen MR) is 64.0 cm³/mol. The molecule has 0 unspecified atom stereocenters. The van der Waals surface area contributed by atoms with Gasteiger partial charge in [0, 0.05) is 5.39 Å². The maximum absolute atomic E-state index is 9.82. The molecule has 0 saturated heterocycles. The molecule has 0 amide bonds. The highest BCUT2D eigenvalue weighted by atomic mass is 16.3. The van der Waals surface area contributed by atoms with E-state index in [-0.39, 0.29) is 11.7 Å². The van der Waals surface area contributed by atoms with Gasteiger partial charge in [-0.15, -0.1) is 15.3 Å². The van der Waals surface area contributed by atoms with E-state index in [2.05, 4.69) is 30.9 Å². The Balaban J connectivity index is 2.13. The van der Waals surface area contributed by atoms with Gasteiger partial charge in [0.05, 0.1) is 0 Å². The minimum Gasteiger partial charge on any atom is -0.506 e. The number of phenols is 1. The molecule has 0 bridgehead atoms. The minimum absolute atomic E-state index is 0.0564. The molecule has 0 aliphatic rings. The fourth-order valence-corrected chi connectivity index (χ4v) is 1.64. The van der Waals surface area contributed by atoms with Gasteiger partial charge in [-0.25, -0.2) is 0 Å². The van der Waals surface area contributed by atoms with Gasteiger partial charge in [-0.05, 0) is 16.7 Å². The van der Waals surface area contributed by atoms with E-state index in [1.165, 1.54) is 0 Å². The summed E-state index contributed by atoms with van der Waals surface area (Å²) >= 11 is 0. The quantitative estimate of drug-likeness (QED) is 0.672. The number of aromatic nitrogens is 4. The van der Waals surface area contributed by atoms with Crippen LogP contribution in [-0.4, -0.2) is 25.7 Å². The lowest BCUT2D eigenvalue weighted by atomic mass is 10.1. The third kappa shape index (κ3) is 1.77. The van der Waals surface area contributed by atoms with E-state index in [1.54, 1.807) is 6.07 Å². The molecule has 1 aromatic heterocycles. The van der Waals surface area contributed by atoms with E-state index >= 15 is 0 Å². The molecule has 0 aliphatic carbocycles. The number of phenolic OH excluding ortho intramolecular Hbond substituents is 1. The van der Waals surface area contributed by atoms with Crippen molar-refractivity contribution in [2.75, 3.05) is 0 Å². The Hall–Kier alpha value is -2.83. The van der Waals surface area contributed by atoms with Crippen LogP contribution in [0.5, 0.6) is 5.75 Å². The highest BCUT2D eigenvalue weighted by Gasteiger charge is 2.06. The fraction of sp³-hybridized carbons (Fsp3) is 0. The van der Waals surface area contributed by atoms with E-state index in [4.69, 9.17) is 0 Å². The summed E-state index contributed by atoms with van der Waals surface area (Å²) < 4.78 is 0. The first kappa shape index (κ1) is 10.3. The number of aromatic amines is 1. The zero-order valence-corrected chi connectivity index (χ0v) is 9.15. The number of H-pyrrole nitrogens is 1. The van der Waals surface area contributed by atoms with Gasteiger partial charge in [-0.3, -0.25) is 0 Å². The molecule has 0 atom stereocenters. The normalized spacial score (nSPS) is 11.3. The van der Waals surface area contributed by atoms with Crippen molar-refractivity contribution in [3.63, 3.8) is 0 Å². The van der Waals surface area contributed by atoms with E-state index in [0.717, 1.165) is 10.8 Å². The van der Waals surface area contributed by atoms with Crippen LogP contribution in [0.15, 0.2) is 46.6 Å². The van der Waals surface area contributed by atoms with Gasteiger partial charge in [0.1, 0.15) is 11.4 Å². The third-order valence-electron chi connectivity index (χ3n) is 2.45. The first-order valence-electron chi connectivity index (χ1n) is 5.20. The van der Waals surface area contributed by atoms with Crippen molar-refractivity contribution in [1.29, 1.82) is 0 Å². The Morgan fingerprint density at radius 2 is 1.94 bits per heavy atom. The summed E-state index contributed by atoms with van der Waals surface area (Å²) in [5, 5.41) is 32.3. The molecule has 7 heteroatoms. The van der Waals surface area contributed by atoms with E-state index in [1.807, 2.05) is 30.3 Å². The van der Waals surface area contributed by atoms with Gasteiger partial charge in [0.25, 0.3) is 0 Å². The lowest BCUT2D eigenvalue weighted by Gasteiger charge is -2.02. The topological polar surface area (TPSA) is 99.4 Å². The van der Waals surface area contributed by atoms with Gasteiger partial charge >= 0.3 is 5.95 Å². The van der Waals surface area contributed by atoms with Gasteiger partial charge in [-0.2, -0.15) is 5.21 Å². The molecule has 2 N–H and O–H groups in total. The molecule has 3 aromatic rings. The smallest absolute Gasteiger partial charge is 0.307 e. The molecular weight excluding hydrogens is 232 g/mol. The Kier molecular flexibility index (Phi) is 2.41. The summed E-state index contributed by atoms with van der Waals surface area (Å²) in [7, 11) is 0. The predicted octanol–water partition coefficient (Wildman–Crippen LogP) is 2.47. The van der Waals surface area contributed by atoms with Gasteiger partial charge < -0.3 is 5.11 Å². The number of hydrogen-bond donors (Lipinski definition) is 2. The lowest BCUT2D eigenvalue weighted by Crippen LogP contribution is -1.75. The summed E-state index contributed by atoms with van der Waals surface area (Å²) in [6.45, 7) is 0. The molecule has 0 radical (unpaired) electrons. The molecule has 0 aliphatic heterocycles. The molecule has 88 valence electrons. The van der Waals surface area contributed by atoms with E-state index < -0.39 is 0 Å². The number of nitrogens with zero attached hydrogens (tertiary/aromatic N) is 5. The number of tetrazole rings is 1. The number of hydrogen-bond acceptors (Lipinski definition) is 6. The number of azo groups is 1. The molecule has 0 fully saturated rings. The van der Waals surface area contributed by atoms with Crippen molar-refractivity contribution >= 4 is 22.4 Å². The minimum atomic E-state index is 0.0564. The van der Waals surface area contributed by atoms with E-state index in [9.17, 15) is 5.11 Å². The summed E-state index contributed by atoms with van der Waals surface area (Å²) in [5.41, 5.74) is 0.387. The monoisotopic (exact) mass is 240 g/mol. The zero-order chi connectivity index (χ0) is 12.4. The van der Waals surface area contributed by atoms with Crippen molar-refractivity contribution in [2.45, 2.75) is 0 Å². The number of benzene rings is 2. The van der Waals surface area contributed by atoms with Crippen molar-refractivity contribution in [3.05, 3.63) is 36.4 Å². The van der Waals surface area contributed by atoms with Crippen molar-refractivity contribution in [1.82, 2.24) is 20.6 Å². The van der Waals surface area contributed by atoms with Crippen LogP contribution in [0.25, 0.3) is 10.8 Å². The lowest BCUT2D eigenvalue weighted by molar-refractivity contribution is 0.477. The molecule has 18 heavy (non-hydrogen) atoms. The number of rotatable bonds is 2. The average molecular weight is 240 g/mol. The Morgan fingerprint density at radius 3 is 2.78 bits per heavy atom. The summed E-state index contributed by atoms with van der Waals surface area (Å²) in [5.74, 6) is 0.170. The third-order valence-corrected chi connectivity index (χ3v) is 2.45. The van der Waals surface area contributed by atoms with Crippen molar-refractivity contribution in [2.24, 2.45) is 10.2 Å². The number of fused-ring (bicyclic) bond motifs is 1. The van der Waals surface area contributed by atoms with E-state index in [0.29, 0.717) is 5.69 Å². The summed E-state index contributed by atoms with van der Waals surface area (Å²) in [6, 6.07) is 11.0.